The van der Waals surface area contributed by atoms with Crippen molar-refractivity contribution >= 4 is 29.2 Å². The lowest BCUT2D eigenvalue weighted by Crippen LogP contribution is -2.32. The fraction of sp³-hybridized carbons (Fsp3) is 0.545. The van der Waals surface area contributed by atoms with E-state index in [2.05, 4.69) is 0 Å². The molecule has 1 fully saturated rings. The molecule has 2 atom stereocenters. The second-order valence-electron chi connectivity index (χ2n) is 4.20. The predicted octanol–water partition coefficient (Wildman–Crippen LogP) is 2.32. The van der Waals surface area contributed by atoms with Crippen LogP contribution >= 0.6 is 23.2 Å². The predicted molar refractivity (Wildman–Crippen MR) is 61.1 cm³/mol. The van der Waals surface area contributed by atoms with E-state index in [1.165, 1.54) is 13.0 Å². The van der Waals surface area contributed by atoms with E-state index in [0.717, 1.165) is 12.0 Å². The van der Waals surface area contributed by atoms with Crippen LogP contribution in [0.4, 0.5) is 0 Å². The normalized spacial score (nSPS) is 35.5. The van der Waals surface area contributed by atoms with Crippen LogP contribution in [-0.4, -0.2) is 21.2 Å². The van der Waals surface area contributed by atoms with Crippen molar-refractivity contribution in [3.05, 3.63) is 23.8 Å². The van der Waals surface area contributed by atoms with Crippen molar-refractivity contribution < 1.29 is 14.6 Å². The number of hydrogen-bond acceptors (Lipinski definition) is 3. The summed E-state index contributed by atoms with van der Waals surface area (Å²) in [4.78, 5) is 10.8. The Morgan fingerprint density at radius 2 is 2.25 bits per heavy atom. The number of esters is 1. The van der Waals surface area contributed by atoms with Crippen LogP contribution in [0, 0.1) is 5.92 Å². The third-order valence-electron chi connectivity index (χ3n) is 2.72. The number of hydrogen-bond donors (Lipinski definition) is 1. The molecular formula is C11H12Cl2O3. The van der Waals surface area contributed by atoms with Crippen LogP contribution < -0.4 is 0 Å². The molecule has 16 heavy (non-hydrogen) atoms. The Morgan fingerprint density at radius 3 is 2.62 bits per heavy atom. The molecule has 1 saturated carbocycles. The van der Waals surface area contributed by atoms with Gasteiger partial charge in [0.05, 0.1) is 0 Å². The maximum atomic E-state index is 10.8. The van der Waals surface area contributed by atoms with Gasteiger partial charge in [-0.1, -0.05) is 12.2 Å². The zero-order chi connectivity index (χ0) is 12.0. The van der Waals surface area contributed by atoms with Crippen LogP contribution in [0.25, 0.3) is 0 Å². The molecule has 0 aromatic rings. The molecule has 2 aliphatic carbocycles. The lowest BCUT2D eigenvalue weighted by atomic mass is 9.99. The molecule has 0 unspecified atom stereocenters. The summed E-state index contributed by atoms with van der Waals surface area (Å²) in [5.41, 5.74) is 0.988. The first-order valence-corrected chi connectivity index (χ1v) is 5.77. The molecule has 88 valence electrons. The van der Waals surface area contributed by atoms with Crippen molar-refractivity contribution in [3.8, 4) is 0 Å². The maximum Gasteiger partial charge on any atom is 0.305 e. The van der Waals surface area contributed by atoms with Crippen LogP contribution in [-0.2, 0) is 9.53 Å². The molecule has 1 N–H and O–H groups in total. The van der Waals surface area contributed by atoms with Gasteiger partial charge in [-0.15, -0.1) is 23.2 Å². The SMILES string of the molecule is CC(=O)O[C@@]1(O)C=CC([C@@H]2CC2(Cl)Cl)=CC1. The van der Waals surface area contributed by atoms with Gasteiger partial charge in [0.1, 0.15) is 4.33 Å². The van der Waals surface area contributed by atoms with Gasteiger partial charge in [-0.05, 0) is 18.1 Å². The average molecular weight is 263 g/mol. The van der Waals surface area contributed by atoms with Gasteiger partial charge in [-0.25, -0.2) is 0 Å². The average Bonchev–Trinajstić information content (AvgIpc) is 2.74. The maximum absolute atomic E-state index is 10.8. The fourth-order valence-corrected chi connectivity index (χ4v) is 2.35. The highest BCUT2D eigenvalue weighted by Gasteiger charge is 2.53. The largest absolute Gasteiger partial charge is 0.429 e. The summed E-state index contributed by atoms with van der Waals surface area (Å²) >= 11 is 11.9. The number of allylic oxidation sites excluding steroid dienone is 2. The van der Waals surface area contributed by atoms with Gasteiger partial charge < -0.3 is 9.84 Å². The Balaban J connectivity index is 2.01. The standard InChI is InChI=1S/C11H12Cl2O3/c1-7(14)16-10(15)4-2-8(3-5-10)9-6-11(9,12)13/h2-4,9,15H,5-6H2,1H3/t9-,10-/m0/s1. The van der Waals surface area contributed by atoms with Gasteiger partial charge in [-0.2, -0.15) is 0 Å². The molecule has 0 aromatic heterocycles. The summed E-state index contributed by atoms with van der Waals surface area (Å²) in [7, 11) is 0. The lowest BCUT2D eigenvalue weighted by Gasteiger charge is -2.25. The summed E-state index contributed by atoms with van der Waals surface area (Å²) in [5, 5.41) is 9.85. The number of ether oxygens (including phenoxy) is 1. The lowest BCUT2D eigenvalue weighted by molar-refractivity contribution is -0.187. The molecule has 0 amide bonds. The van der Waals surface area contributed by atoms with Gasteiger partial charge >= 0.3 is 5.97 Å². The van der Waals surface area contributed by atoms with Crippen molar-refractivity contribution in [2.24, 2.45) is 5.92 Å². The van der Waals surface area contributed by atoms with Crippen LogP contribution in [0.5, 0.6) is 0 Å². The number of halogens is 2. The van der Waals surface area contributed by atoms with Crippen molar-refractivity contribution in [1.29, 1.82) is 0 Å². The smallest absolute Gasteiger partial charge is 0.305 e. The summed E-state index contributed by atoms with van der Waals surface area (Å²) < 4.78 is 4.12. The number of alkyl halides is 2. The molecule has 2 aliphatic rings. The summed E-state index contributed by atoms with van der Waals surface area (Å²) in [6.07, 6.45) is 5.94. The Hall–Kier alpha value is -0.510. The number of carbonyl (C=O) groups is 1. The van der Waals surface area contributed by atoms with Crippen LogP contribution in [0.1, 0.15) is 19.8 Å². The van der Waals surface area contributed by atoms with Gasteiger partial charge in [0.2, 0.25) is 5.79 Å². The van der Waals surface area contributed by atoms with E-state index < -0.39 is 16.1 Å². The van der Waals surface area contributed by atoms with E-state index in [1.807, 2.05) is 0 Å². The topological polar surface area (TPSA) is 46.5 Å². The van der Waals surface area contributed by atoms with Crippen molar-refractivity contribution in [3.63, 3.8) is 0 Å². The third-order valence-corrected chi connectivity index (χ3v) is 3.55. The fourth-order valence-electron chi connectivity index (χ4n) is 1.78. The van der Waals surface area contributed by atoms with Crippen molar-refractivity contribution in [2.45, 2.75) is 29.9 Å². The first-order valence-electron chi connectivity index (χ1n) is 5.01. The number of rotatable bonds is 2. The van der Waals surface area contributed by atoms with E-state index in [1.54, 1.807) is 12.2 Å². The minimum atomic E-state index is -1.52. The molecule has 2 rings (SSSR count). The quantitative estimate of drug-likeness (QED) is 0.472. The van der Waals surface area contributed by atoms with Gasteiger partial charge in [0.15, 0.2) is 0 Å². The van der Waals surface area contributed by atoms with E-state index in [9.17, 15) is 9.90 Å². The van der Waals surface area contributed by atoms with Gasteiger partial charge in [0, 0.05) is 19.3 Å². The third kappa shape index (κ3) is 2.42. The summed E-state index contributed by atoms with van der Waals surface area (Å²) in [6.45, 7) is 1.26. The first-order chi connectivity index (χ1) is 7.32. The Morgan fingerprint density at radius 1 is 1.62 bits per heavy atom. The molecule has 0 heterocycles. The molecule has 0 saturated heterocycles. The molecule has 3 nitrogen and oxygen atoms in total. The van der Waals surface area contributed by atoms with Crippen molar-refractivity contribution in [1.82, 2.24) is 0 Å². The van der Waals surface area contributed by atoms with E-state index in [-0.39, 0.29) is 12.3 Å². The summed E-state index contributed by atoms with van der Waals surface area (Å²) in [5.74, 6) is -1.92. The van der Waals surface area contributed by atoms with E-state index >= 15 is 0 Å². The monoisotopic (exact) mass is 262 g/mol. The minimum absolute atomic E-state index is 0.119. The second-order valence-corrected chi connectivity index (χ2v) is 5.74. The molecule has 0 aliphatic heterocycles. The highest BCUT2D eigenvalue weighted by atomic mass is 35.5. The molecule has 5 heteroatoms. The van der Waals surface area contributed by atoms with Gasteiger partial charge in [0.25, 0.3) is 0 Å². The number of carbonyl (C=O) groups excluding carboxylic acids is 1. The zero-order valence-corrected chi connectivity index (χ0v) is 10.3. The van der Waals surface area contributed by atoms with E-state index in [0.29, 0.717) is 0 Å². The molecule has 0 bridgehead atoms. The Labute approximate surface area is 104 Å². The van der Waals surface area contributed by atoms with Crippen LogP contribution in [0.15, 0.2) is 23.8 Å². The molecule has 0 spiro atoms. The first kappa shape index (κ1) is 12.0. The van der Waals surface area contributed by atoms with Crippen LogP contribution in [0.2, 0.25) is 0 Å². The molecule has 0 aromatic carbocycles. The zero-order valence-electron chi connectivity index (χ0n) is 8.74. The summed E-state index contributed by atoms with van der Waals surface area (Å²) in [6, 6.07) is 0. The van der Waals surface area contributed by atoms with Crippen LogP contribution in [0.3, 0.4) is 0 Å². The minimum Gasteiger partial charge on any atom is -0.429 e. The van der Waals surface area contributed by atoms with Gasteiger partial charge in [-0.3, -0.25) is 4.79 Å². The molecular weight excluding hydrogens is 251 g/mol. The Bertz CT molecular complexity index is 387. The van der Waals surface area contributed by atoms with Crippen molar-refractivity contribution in [2.75, 3.05) is 0 Å². The number of aliphatic hydroxyl groups is 1. The highest BCUT2D eigenvalue weighted by Crippen LogP contribution is 2.57. The van der Waals surface area contributed by atoms with E-state index in [4.69, 9.17) is 27.9 Å². The molecule has 0 radical (unpaired) electrons. The second kappa shape index (κ2) is 3.76. The Kier molecular flexibility index (Phi) is 2.81. The highest BCUT2D eigenvalue weighted by molar-refractivity contribution is 6.51.